The molecule has 0 unspecified atom stereocenters. The van der Waals surface area contributed by atoms with Gasteiger partial charge in [-0.25, -0.2) is 9.97 Å². The molecule has 0 aliphatic carbocycles. The molecular formula is C18H23N5O2. The van der Waals surface area contributed by atoms with Gasteiger partial charge >= 0.3 is 0 Å². The summed E-state index contributed by atoms with van der Waals surface area (Å²) in [7, 11) is 0. The van der Waals surface area contributed by atoms with Crippen LogP contribution in [0, 0.1) is 0 Å². The first-order valence-corrected chi connectivity index (χ1v) is 8.15. The zero-order valence-electron chi connectivity index (χ0n) is 14.9. The van der Waals surface area contributed by atoms with E-state index in [1.165, 1.54) is 0 Å². The van der Waals surface area contributed by atoms with Gasteiger partial charge in [0.1, 0.15) is 5.52 Å². The van der Waals surface area contributed by atoms with Gasteiger partial charge in [-0.15, -0.1) is 0 Å². The van der Waals surface area contributed by atoms with Gasteiger partial charge in [-0.1, -0.05) is 23.4 Å². The van der Waals surface area contributed by atoms with Crippen molar-refractivity contribution in [3.8, 4) is 0 Å². The second-order valence-corrected chi connectivity index (χ2v) is 6.95. The minimum absolute atomic E-state index is 0.184. The molecule has 0 saturated heterocycles. The lowest BCUT2D eigenvalue weighted by atomic mass is 10.1. The fourth-order valence-electron chi connectivity index (χ4n) is 2.79. The molecule has 0 aliphatic heterocycles. The predicted molar refractivity (Wildman–Crippen MR) is 99.3 cm³/mol. The molecule has 2 aromatic heterocycles. The lowest BCUT2D eigenvalue weighted by Crippen LogP contribution is -2.27. The number of pyridine rings is 1. The molecule has 3 rings (SSSR count). The summed E-state index contributed by atoms with van der Waals surface area (Å²) in [5.41, 5.74) is 8.27. The Bertz CT molecular complexity index is 949. The normalized spacial score (nSPS) is 11.9. The van der Waals surface area contributed by atoms with Gasteiger partial charge < -0.3 is 20.2 Å². The second kappa shape index (κ2) is 6.33. The molecule has 132 valence electrons. The maximum absolute atomic E-state index is 10.4. The van der Waals surface area contributed by atoms with Crippen molar-refractivity contribution < 1.29 is 9.94 Å². The maximum atomic E-state index is 10.4. The lowest BCUT2D eigenvalue weighted by Gasteiger charge is -2.20. The molecule has 25 heavy (non-hydrogen) atoms. The third kappa shape index (κ3) is 3.56. The standard InChI is InChI=1S/C18H23N5O2/c1-11(2)22-25-9-14-21-15-16(23(14)10-18(3,4)24)12-7-5-6-8-13(12)20-17(15)19/h5-8,24H,9-10H2,1-4H3,(H2,19,20). The van der Waals surface area contributed by atoms with Crippen molar-refractivity contribution >= 4 is 33.5 Å². The van der Waals surface area contributed by atoms with E-state index in [-0.39, 0.29) is 6.61 Å². The minimum Gasteiger partial charge on any atom is -0.389 e. The van der Waals surface area contributed by atoms with Crippen LogP contribution in [0.2, 0.25) is 0 Å². The Labute approximate surface area is 146 Å². The zero-order chi connectivity index (χ0) is 18.2. The molecule has 0 amide bonds. The van der Waals surface area contributed by atoms with Crippen molar-refractivity contribution in [1.29, 1.82) is 0 Å². The molecule has 0 atom stereocenters. The first-order valence-electron chi connectivity index (χ1n) is 8.15. The van der Waals surface area contributed by atoms with E-state index in [2.05, 4.69) is 15.1 Å². The Kier molecular flexibility index (Phi) is 4.34. The molecule has 1 aromatic carbocycles. The minimum atomic E-state index is -0.925. The number of fused-ring (bicyclic) bond motifs is 3. The molecule has 0 spiro atoms. The van der Waals surface area contributed by atoms with Gasteiger partial charge in [-0.3, -0.25) is 0 Å². The number of benzene rings is 1. The molecule has 0 bridgehead atoms. The Morgan fingerprint density at radius 2 is 2.00 bits per heavy atom. The van der Waals surface area contributed by atoms with Crippen LogP contribution in [0.25, 0.3) is 21.9 Å². The number of hydrogen-bond donors (Lipinski definition) is 2. The molecule has 0 radical (unpaired) electrons. The van der Waals surface area contributed by atoms with Crippen LogP contribution in [-0.2, 0) is 18.0 Å². The highest BCUT2D eigenvalue weighted by Crippen LogP contribution is 2.30. The summed E-state index contributed by atoms with van der Waals surface area (Å²) >= 11 is 0. The molecule has 7 nitrogen and oxygen atoms in total. The number of nitrogen functional groups attached to an aromatic ring is 1. The van der Waals surface area contributed by atoms with Crippen LogP contribution >= 0.6 is 0 Å². The molecule has 2 heterocycles. The fraction of sp³-hybridized carbons (Fsp3) is 0.389. The molecule has 3 N–H and O–H groups in total. The number of rotatable bonds is 5. The van der Waals surface area contributed by atoms with Crippen molar-refractivity contribution in [1.82, 2.24) is 14.5 Å². The second-order valence-electron chi connectivity index (χ2n) is 6.95. The van der Waals surface area contributed by atoms with Crippen LogP contribution in [0.1, 0.15) is 33.5 Å². The highest BCUT2D eigenvalue weighted by atomic mass is 16.6. The average molecular weight is 341 g/mol. The number of aromatic nitrogens is 3. The Morgan fingerprint density at radius 1 is 1.28 bits per heavy atom. The van der Waals surface area contributed by atoms with Gasteiger partial charge in [0.25, 0.3) is 0 Å². The molecular weight excluding hydrogens is 318 g/mol. The van der Waals surface area contributed by atoms with E-state index in [1.807, 2.05) is 42.7 Å². The molecule has 0 aliphatic rings. The highest BCUT2D eigenvalue weighted by molar-refractivity contribution is 6.06. The van der Waals surface area contributed by atoms with Gasteiger partial charge in [0.15, 0.2) is 18.2 Å². The van der Waals surface area contributed by atoms with Gasteiger partial charge in [-0.2, -0.15) is 0 Å². The van der Waals surface area contributed by atoms with Crippen molar-refractivity contribution in [3.05, 3.63) is 30.1 Å². The quantitative estimate of drug-likeness (QED) is 0.549. The van der Waals surface area contributed by atoms with E-state index in [0.29, 0.717) is 23.7 Å². The summed E-state index contributed by atoms with van der Waals surface area (Å²) in [4.78, 5) is 14.4. The summed E-state index contributed by atoms with van der Waals surface area (Å²) in [6.07, 6.45) is 0. The van der Waals surface area contributed by atoms with Crippen LogP contribution in [-0.4, -0.2) is 31.0 Å². The average Bonchev–Trinajstić information content (AvgIpc) is 2.85. The van der Waals surface area contributed by atoms with Crippen LogP contribution in [0.3, 0.4) is 0 Å². The van der Waals surface area contributed by atoms with Crippen molar-refractivity contribution in [2.45, 2.75) is 46.4 Å². The van der Waals surface area contributed by atoms with E-state index in [0.717, 1.165) is 22.1 Å². The van der Waals surface area contributed by atoms with Crippen LogP contribution in [0.5, 0.6) is 0 Å². The van der Waals surface area contributed by atoms with E-state index in [4.69, 9.17) is 10.6 Å². The number of anilines is 1. The summed E-state index contributed by atoms with van der Waals surface area (Å²) in [5.74, 6) is 1.01. The smallest absolute Gasteiger partial charge is 0.174 e. The number of nitrogens with zero attached hydrogens (tertiary/aromatic N) is 4. The fourth-order valence-corrected chi connectivity index (χ4v) is 2.79. The van der Waals surface area contributed by atoms with Crippen LogP contribution in [0.15, 0.2) is 29.4 Å². The van der Waals surface area contributed by atoms with Crippen LogP contribution in [0.4, 0.5) is 5.82 Å². The number of aliphatic hydroxyl groups is 1. The first-order chi connectivity index (χ1) is 11.8. The number of imidazole rings is 1. The topological polar surface area (TPSA) is 98.5 Å². The summed E-state index contributed by atoms with van der Waals surface area (Å²) in [6.45, 7) is 7.76. The third-order valence-corrected chi connectivity index (χ3v) is 3.68. The van der Waals surface area contributed by atoms with Crippen LogP contribution < -0.4 is 5.73 Å². The van der Waals surface area contributed by atoms with Crippen molar-refractivity contribution in [3.63, 3.8) is 0 Å². The van der Waals surface area contributed by atoms with E-state index in [9.17, 15) is 5.11 Å². The largest absolute Gasteiger partial charge is 0.389 e. The van der Waals surface area contributed by atoms with Gasteiger partial charge in [-0.05, 0) is 33.8 Å². The van der Waals surface area contributed by atoms with Crippen molar-refractivity contribution in [2.24, 2.45) is 5.16 Å². The van der Waals surface area contributed by atoms with E-state index in [1.54, 1.807) is 13.8 Å². The Morgan fingerprint density at radius 3 is 2.68 bits per heavy atom. The summed E-state index contributed by atoms with van der Waals surface area (Å²) < 4.78 is 1.94. The Hall–Kier alpha value is -2.67. The molecule has 0 saturated carbocycles. The number of hydrogen-bond acceptors (Lipinski definition) is 6. The van der Waals surface area contributed by atoms with Crippen molar-refractivity contribution in [2.75, 3.05) is 5.73 Å². The summed E-state index contributed by atoms with van der Waals surface area (Å²) in [6, 6.07) is 7.75. The monoisotopic (exact) mass is 341 g/mol. The predicted octanol–water partition coefficient (Wildman–Crippen LogP) is 2.85. The summed E-state index contributed by atoms with van der Waals surface area (Å²) in [5, 5.41) is 15.3. The first kappa shape index (κ1) is 17.2. The molecule has 3 aromatic rings. The lowest BCUT2D eigenvalue weighted by molar-refractivity contribution is 0.0579. The number of para-hydroxylation sites is 1. The van der Waals surface area contributed by atoms with Gasteiger partial charge in [0.2, 0.25) is 0 Å². The number of oxime groups is 1. The number of nitrogens with two attached hydrogens (primary N) is 1. The van der Waals surface area contributed by atoms with Gasteiger partial charge in [0, 0.05) is 5.39 Å². The maximum Gasteiger partial charge on any atom is 0.174 e. The molecule has 7 heteroatoms. The zero-order valence-corrected chi connectivity index (χ0v) is 14.9. The van der Waals surface area contributed by atoms with Gasteiger partial charge in [0.05, 0.1) is 28.9 Å². The molecule has 0 fully saturated rings. The van der Waals surface area contributed by atoms with E-state index < -0.39 is 5.60 Å². The highest BCUT2D eigenvalue weighted by Gasteiger charge is 2.22. The third-order valence-electron chi connectivity index (χ3n) is 3.68. The van der Waals surface area contributed by atoms with E-state index >= 15 is 0 Å². The Balaban J connectivity index is 2.24. The SMILES string of the molecule is CC(C)=NOCc1nc2c(N)nc3ccccc3c2n1CC(C)(C)O.